The molecule has 0 atom stereocenters. The van der Waals surface area contributed by atoms with Gasteiger partial charge in [0, 0.05) is 17.6 Å². The average Bonchev–Trinajstić information content (AvgIpc) is 2.95. The normalized spacial score (nSPS) is 17.0. The molecule has 1 fully saturated rings. The van der Waals surface area contributed by atoms with E-state index in [0.29, 0.717) is 17.9 Å². The molecule has 1 aliphatic carbocycles. The number of ether oxygens (including phenoxy) is 1. The van der Waals surface area contributed by atoms with Gasteiger partial charge in [0.15, 0.2) is 11.5 Å². The molecule has 1 aromatic rings. The van der Waals surface area contributed by atoms with Crippen molar-refractivity contribution in [3.05, 3.63) is 23.8 Å². The number of nitrogens with one attached hydrogen (secondary N) is 1. The largest absolute Gasteiger partial charge is 0.504 e. The lowest BCUT2D eigenvalue weighted by atomic mass is 9.96. The molecule has 1 aliphatic rings. The Morgan fingerprint density at radius 3 is 2.57 bits per heavy atom. The predicted octanol–water partition coefficient (Wildman–Crippen LogP) is 2.00. The average molecular weight is 292 g/mol. The summed E-state index contributed by atoms with van der Waals surface area (Å²) < 4.78 is 4.98. The van der Waals surface area contributed by atoms with Crippen molar-refractivity contribution in [1.29, 1.82) is 0 Å². The fraction of sp³-hybridized carbons (Fsp3) is 0.562. The Bertz CT molecular complexity index is 508. The van der Waals surface area contributed by atoms with Crippen LogP contribution < -0.4 is 10.1 Å². The van der Waals surface area contributed by atoms with Crippen molar-refractivity contribution < 1.29 is 14.6 Å². The second kappa shape index (κ2) is 6.35. The first-order valence-corrected chi connectivity index (χ1v) is 7.31. The molecule has 116 valence electrons. The summed E-state index contributed by atoms with van der Waals surface area (Å²) in [6.07, 6.45) is 4.62. The number of benzene rings is 1. The molecule has 0 aliphatic heterocycles. The highest BCUT2D eigenvalue weighted by Crippen LogP contribution is 2.33. The number of likely N-dealkylation sites (N-methyl/N-ethyl adjacent to an activating group) is 1. The third-order valence-electron chi connectivity index (χ3n) is 4.50. The highest BCUT2D eigenvalue weighted by molar-refractivity contribution is 5.94. The SMILES string of the molecule is COc1ccc(C(=O)NCC2(N(C)C)CCCC2)cc1O. The number of carbonyl (C=O) groups is 1. The minimum absolute atomic E-state index is 0.0201. The van der Waals surface area contributed by atoms with Gasteiger partial charge in [0.2, 0.25) is 0 Å². The molecule has 0 bridgehead atoms. The minimum Gasteiger partial charge on any atom is -0.504 e. The number of carbonyl (C=O) groups excluding carboxylic acids is 1. The molecule has 0 unspecified atom stereocenters. The number of rotatable bonds is 5. The maximum atomic E-state index is 12.2. The molecule has 1 aromatic carbocycles. The van der Waals surface area contributed by atoms with Gasteiger partial charge < -0.3 is 20.1 Å². The summed E-state index contributed by atoms with van der Waals surface area (Å²) in [6.45, 7) is 0.631. The van der Waals surface area contributed by atoms with Crippen molar-refractivity contribution in [2.24, 2.45) is 0 Å². The van der Waals surface area contributed by atoms with Gasteiger partial charge in [0.05, 0.1) is 7.11 Å². The first kappa shape index (κ1) is 15.6. The number of nitrogens with zero attached hydrogens (tertiary/aromatic N) is 1. The van der Waals surface area contributed by atoms with Crippen molar-refractivity contribution in [3.8, 4) is 11.5 Å². The minimum atomic E-state index is -0.166. The van der Waals surface area contributed by atoms with E-state index >= 15 is 0 Å². The lowest BCUT2D eigenvalue weighted by Crippen LogP contribution is -2.50. The van der Waals surface area contributed by atoms with Crippen molar-refractivity contribution in [2.45, 2.75) is 31.2 Å². The van der Waals surface area contributed by atoms with E-state index in [1.54, 1.807) is 12.1 Å². The molecule has 2 rings (SSSR count). The van der Waals surface area contributed by atoms with Crippen LogP contribution in [0.25, 0.3) is 0 Å². The maximum Gasteiger partial charge on any atom is 0.251 e. The first-order chi connectivity index (χ1) is 9.98. The lowest BCUT2D eigenvalue weighted by molar-refractivity contribution is 0.0899. The Hall–Kier alpha value is -1.75. The van der Waals surface area contributed by atoms with E-state index in [9.17, 15) is 9.90 Å². The molecule has 1 amide bonds. The van der Waals surface area contributed by atoms with E-state index in [1.165, 1.54) is 26.0 Å². The number of aromatic hydroxyl groups is 1. The summed E-state index contributed by atoms with van der Waals surface area (Å²) in [5.41, 5.74) is 0.504. The monoisotopic (exact) mass is 292 g/mol. The van der Waals surface area contributed by atoms with Crippen LogP contribution in [0.15, 0.2) is 18.2 Å². The van der Waals surface area contributed by atoms with Gasteiger partial charge in [-0.2, -0.15) is 0 Å². The number of hydrogen-bond donors (Lipinski definition) is 2. The molecule has 2 N–H and O–H groups in total. The molecule has 5 nitrogen and oxygen atoms in total. The number of methoxy groups -OCH3 is 1. The van der Waals surface area contributed by atoms with Crippen LogP contribution in [0.5, 0.6) is 11.5 Å². The fourth-order valence-electron chi connectivity index (χ4n) is 2.99. The first-order valence-electron chi connectivity index (χ1n) is 7.31. The van der Waals surface area contributed by atoms with E-state index in [4.69, 9.17) is 4.74 Å². The van der Waals surface area contributed by atoms with E-state index in [1.807, 2.05) is 0 Å². The molecule has 0 radical (unpaired) electrons. The third kappa shape index (κ3) is 3.29. The van der Waals surface area contributed by atoms with E-state index in [-0.39, 0.29) is 17.2 Å². The second-order valence-electron chi connectivity index (χ2n) is 5.90. The Kier molecular flexibility index (Phi) is 4.73. The van der Waals surface area contributed by atoms with Crippen LogP contribution in [-0.4, -0.2) is 49.2 Å². The molecule has 0 spiro atoms. The van der Waals surface area contributed by atoms with Gasteiger partial charge in [-0.25, -0.2) is 0 Å². The van der Waals surface area contributed by atoms with Crippen molar-refractivity contribution in [2.75, 3.05) is 27.7 Å². The molecule has 1 saturated carbocycles. The number of amides is 1. The van der Waals surface area contributed by atoms with E-state index < -0.39 is 0 Å². The zero-order valence-electron chi connectivity index (χ0n) is 13.0. The van der Waals surface area contributed by atoms with E-state index in [0.717, 1.165) is 12.8 Å². The number of phenolic OH excluding ortho intramolecular Hbond substituents is 1. The summed E-state index contributed by atoms with van der Waals surface area (Å²) in [4.78, 5) is 14.5. The maximum absolute atomic E-state index is 12.2. The Morgan fingerprint density at radius 1 is 1.38 bits per heavy atom. The van der Waals surface area contributed by atoms with Crippen LogP contribution in [0.1, 0.15) is 36.0 Å². The number of phenols is 1. The van der Waals surface area contributed by atoms with Gasteiger partial charge in [-0.15, -0.1) is 0 Å². The Balaban J connectivity index is 2.03. The van der Waals surface area contributed by atoms with Crippen LogP contribution in [0.3, 0.4) is 0 Å². The lowest BCUT2D eigenvalue weighted by Gasteiger charge is -2.36. The summed E-state index contributed by atoms with van der Waals surface area (Å²) in [5, 5.41) is 12.7. The molecule has 0 heterocycles. The molecule has 5 heteroatoms. The molecular weight excluding hydrogens is 268 g/mol. The Labute approximate surface area is 125 Å². The number of hydrogen-bond acceptors (Lipinski definition) is 4. The topological polar surface area (TPSA) is 61.8 Å². The summed E-state index contributed by atoms with van der Waals surface area (Å²) in [5.74, 6) is 0.182. The van der Waals surface area contributed by atoms with Crippen molar-refractivity contribution in [1.82, 2.24) is 10.2 Å². The van der Waals surface area contributed by atoms with Crippen LogP contribution >= 0.6 is 0 Å². The van der Waals surface area contributed by atoms with Gasteiger partial charge in [-0.1, -0.05) is 12.8 Å². The van der Waals surface area contributed by atoms with Crippen molar-refractivity contribution in [3.63, 3.8) is 0 Å². The second-order valence-corrected chi connectivity index (χ2v) is 5.90. The highest BCUT2D eigenvalue weighted by atomic mass is 16.5. The fourth-order valence-corrected chi connectivity index (χ4v) is 2.99. The highest BCUT2D eigenvalue weighted by Gasteiger charge is 2.36. The van der Waals surface area contributed by atoms with Crippen LogP contribution in [0, 0.1) is 0 Å². The van der Waals surface area contributed by atoms with Crippen LogP contribution in [0.4, 0.5) is 0 Å². The molecule has 0 saturated heterocycles. The standard InChI is InChI=1S/C16H24N2O3/c1-18(2)16(8-4-5-9-16)11-17-15(20)12-6-7-14(21-3)13(19)10-12/h6-7,10,19H,4-5,8-9,11H2,1-3H3,(H,17,20). The quantitative estimate of drug-likeness (QED) is 0.871. The van der Waals surface area contributed by atoms with Gasteiger partial charge in [0.1, 0.15) is 0 Å². The van der Waals surface area contributed by atoms with Crippen LogP contribution in [-0.2, 0) is 0 Å². The smallest absolute Gasteiger partial charge is 0.251 e. The zero-order chi connectivity index (χ0) is 15.5. The Morgan fingerprint density at radius 2 is 2.05 bits per heavy atom. The van der Waals surface area contributed by atoms with E-state index in [2.05, 4.69) is 24.3 Å². The van der Waals surface area contributed by atoms with Gasteiger partial charge >= 0.3 is 0 Å². The van der Waals surface area contributed by atoms with Gasteiger partial charge in [-0.3, -0.25) is 4.79 Å². The molecule has 0 aromatic heterocycles. The summed E-state index contributed by atoms with van der Waals surface area (Å²) in [7, 11) is 5.61. The summed E-state index contributed by atoms with van der Waals surface area (Å²) >= 11 is 0. The van der Waals surface area contributed by atoms with Crippen LogP contribution in [0.2, 0.25) is 0 Å². The predicted molar refractivity (Wildman–Crippen MR) is 81.9 cm³/mol. The third-order valence-corrected chi connectivity index (χ3v) is 4.50. The summed E-state index contributed by atoms with van der Waals surface area (Å²) in [6, 6.07) is 4.69. The molecular formula is C16H24N2O3. The van der Waals surface area contributed by atoms with Crippen molar-refractivity contribution >= 4 is 5.91 Å². The van der Waals surface area contributed by atoms with Gasteiger partial charge in [-0.05, 0) is 45.1 Å². The van der Waals surface area contributed by atoms with Gasteiger partial charge in [0.25, 0.3) is 5.91 Å². The zero-order valence-corrected chi connectivity index (χ0v) is 13.0. The molecule has 21 heavy (non-hydrogen) atoms.